The van der Waals surface area contributed by atoms with Crippen molar-refractivity contribution in [2.24, 2.45) is 7.05 Å². The predicted octanol–water partition coefficient (Wildman–Crippen LogP) is 3.04. The Labute approximate surface area is 147 Å². The van der Waals surface area contributed by atoms with Crippen LogP contribution in [0.2, 0.25) is 0 Å². The number of aryl methyl sites for hydroxylation is 3. The van der Waals surface area contributed by atoms with Crippen molar-refractivity contribution in [1.29, 1.82) is 0 Å². The second-order valence-electron chi connectivity index (χ2n) is 6.18. The van der Waals surface area contributed by atoms with Crippen molar-refractivity contribution in [2.45, 2.75) is 26.3 Å². The molecule has 1 amide bonds. The first-order valence-electron chi connectivity index (χ1n) is 8.37. The summed E-state index contributed by atoms with van der Waals surface area (Å²) in [5, 5.41) is 7.50. The lowest BCUT2D eigenvalue weighted by Gasteiger charge is -2.06. The van der Waals surface area contributed by atoms with Crippen LogP contribution in [-0.2, 0) is 24.8 Å². The molecule has 2 heterocycles. The van der Waals surface area contributed by atoms with Crippen LogP contribution in [0.4, 0.5) is 0 Å². The molecule has 5 nitrogen and oxygen atoms in total. The molecule has 0 unspecified atom stereocenters. The molecule has 5 heteroatoms. The van der Waals surface area contributed by atoms with E-state index in [0.29, 0.717) is 19.4 Å². The zero-order valence-corrected chi connectivity index (χ0v) is 14.6. The fourth-order valence-electron chi connectivity index (χ4n) is 2.71. The molecule has 0 saturated carbocycles. The summed E-state index contributed by atoms with van der Waals surface area (Å²) in [4.78, 5) is 16.2. The van der Waals surface area contributed by atoms with E-state index < -0.39 is 0 Å². The van der Waals surface area contributed by atoms with Gasteiger partial charge in [0.15, 0.2) is 0 Å². The van der Waals surface area contributed by atoms with Gasteiger partial charge in [-0.1, -0.05) is 35.9 Å². The summed E-state index contributed by atoms with van der Waals surface area (Å²) >= 11 is 0. The van der Waals surface area contributed by atoms with Crippen molar-refractivity contribution in [2.75, 3.05) is 0 Å². The van der Waals surface area contributed by atoms with Gasteiger partial charge in [0.25, 0.3) is 0 Å². The summed E-state index contributed by atoms with van der Waals surface area (Å²) in [5.41, 5.74) is 5.33. The lowest BCUT2D eigenvalue weighted by atomic mass is 10.0. The number of aromatic nitrogens is 3. The Bertz CT molecular complexity index is 838. The Hall–Kier alpha value is -2.95. The SMILES string of the molecule is Cc1ccc(-c2nn(C)cc2CCC(=O)NCc2cccnc2)cc1. The van der Waals surface area contributed by atoms with Crippen LogP contribution in [-0.4, -0.2) is 20.7 Å². The molecule has 0 radical (unpaired) electrons. The molecular formula is C20H22N4O. The molecule has 3 rings (SSSR count). The molecule has 1 aromatic carbocycles. The van der Waals surface area contributed by atoms with Gasteiger partial charge in [0.2, 0.25) is 5.91 Å². The van der Waals surface area contributed by atoms with E-state index in [1.165, 1.54) is 5.56 Å². The number of nitrogens with zero attached hydrogens (tertiary/aromatic N) is 3. The number of rotatable bonds is 6. The van der Waals surface area contributed by atoms with Gasteiger partial charge in [0.1, 0.15) is 0 Å². The lowest BCUT2D eigenvalue weighted by molar-refractivity contribution is -0.121. The van der Waals surface area contributed by atoms with Crippen LogP contribution >= 0.6 is 0 Å². The van der Waals surface area contributed by atoms with Gasteiger partial charge in [-0.15, -0.1) is 0 Å². The van der Waals surface area contributed by atoms with Crippen LogP contribution < -0.4 is 5.32 Å². The quantitative estimate of drug-likeness (QED) is 0.754. The Morgan fingerprint density at radius 3 is 2.72 bits per heavy atom. The van der Waals surface area contributed by atoms with E-state index in [0.717, 1.165) is 22.4 Å². The average molecular weight is 334 g/mol. The van der Waals surface area contributed by atoms with E-state index in [4.69, 9.17) is 0 Å². The van der Waals surface area contributed by atoms with E-state index in [-0.39, 0.29) is 5.91 Å². The normalized spacial score (nSPS) is 10.6. The molecule has 0 spiro atoms. The molecule has 0 saturated heterocycles. The highest BCUT2D eigenvalue weighted by atomic mass is 16.1. The van der Waals surface area contributed by atoms with E-state index in [2.05, 4.69) is 46.6 Å². The Morgan fingerprint density at radius 1 is 1.20 bits per heavy atom. The molecule has 2 aromatic heterocycles. The van der Waals surface area contributed by atoms with E-state index >= 15 is 0 Å². The van der Waals surface area contributed by atoms with E-state index in [1.54, 1.807) is 17.1 Å². The maximum Gasteiger partial charge on any atom is 0.220 e. The van der Waals surface area contributed by atoms with Crippen molar-refractivity contribution < 1.29 is 4.79 Å². The van der Waals surface area contributed by atoms with Crippen LogP contribution in [0.25, 0.3) is 11.3 Å². The molecule has 0 aliphatic heterocycles. The van der Waals surface area contributed by atoms with Crippen molar-refractivity contribution in [3.8, 4) is 11.3 Å². The molecule has 0 atom stereocenters. The first-order valence-corrected chi connectivity index (χ1v) is 8.37. The fraction of sp³-hybridized carbons (Fsp3) is 0.250. The van der Waals surface area contributed by atoms with Gasteiger partial charge in [-0.25, -0.2) is 0 Å². The molecule has 0 aliphatic carbocycles. The third-order valence-corrected chi connectivity index (χ3v) is 4.06. The first-order chi connectivity index (χ1) is 12.1. The molecule has 25 heavy (non-hydrogen) atoms. The van der Waals surface area contributed by atoms with Gasteiger partial charge < -0.3 is 5.32 Å². The van der Waals surface area contributed by atoms with E-state index in [1.807, 2.05) is 25.4 Å². The zero-order chi connectivity index (χ0) is 17.6. The molecule has 3 aromatic rings. The average Bonchev–Trinajstić information content (AvgIpc) is 3.00. The summed E-state index contributed by atoms with van der Waals surface area (Å²) in [6.07, 6.45) is 6.57. The number of hydrogen-bond acceptors (Lipinski definition) is 3. The number of amides is 1. The van der Waals surface area contributed by atoms with Crippen LogP contribution in [0.5, 0.6) is 0 Å². The Morgan fingerprint density at radius 2 is 2.00 bits per heavy atom. The van der Waals surface area contributed by atoms with Crippen molar-refractivity contribution in [3.05, 3.63) is 71.7 Å². The monoisotopic (exact) mass is 334 g/mol. The molecule has 0 bridgehead atoms. The van der Waals surface area contributed by atoms with Crippen molar-refractivity contribution in [3.63, 3.8) is 0 Å². The van der Waals surface area contributed by atoms with Gasteiger partial charge in [-0.05, 0) is 30.5 Å². The largest absolute Gasteiger partial charge is 0.352 e. The molecule has 0 fully saturated rings. The zero-order valence-electron chi connectivity index (χ0n) is 14.6. The number of nitrogens with one attached hydrogen (secondary N) is 1. The topological polar surface area (TPSA) is 59.8 Å². The summed E-state index contributed by atoms with van der Waals surface area (Å²) in [6, 6.07) is 12.1. The lowest BCUT2D eigenvalue weighted by Crippen LogP contribution is -2.23. The second-order valence-corrected chi connectivity index (χ2v) is 6.18. The second kappa shape index (κ2) is 7.75. The van der Waals surface area contributed by atoms with Gasteiger partial charge in [-0.3, -0.25) is 14.5 Å². The minimum absolute atomic E-state index is 0.0302. The first kappa shape index (κ1) is 16.9. The van der Waals surface area contributed by atoms with Crippen LogP contribution in [0.3, 0.4) is 0 Å². The highest BCUT2D eigenvalue weighted by Gasteiger charge is 2.12. The Kier molecular flexibility index (Phi) is 5.23. The molecule has 128 valence electrons. The number of carbonyl (C=O) groups is 1. The van der Waals surface area contributed by atoms with Crippen molar-refractivity contribution in [1.82, 2.24) is 20.1 Å². The fourth-order valence-corrected chi connectivity index (χ4v) is 2.71. The van der Waals surface area contributed by atoms with Crippen LogP contribution in [0.15, 0.2) is 55.0 Å². The van der Waals surface area contributed by atoms with Crippen LogP contribution in [0.1, 0.15) is 23.1 Å². The Balaban J connectivity index is 1.61. The number of carbonyl (C=O) groups excluding carboxylic acids is 1. The summed E-state index contributed by atoms with van der Waals surface area (Å²) in [7, 11) is 1.91. The number of pyridine rings is 1. The minimum Gasteiger partial charge on any atom is -0.352 e. The standard InChI is InChI=1S/C20H22N4O/c1-15-5-7-17(8-6-15)20-18(14-24(2)23-20)9-10-19(25)22-13-16-4-3-11-21-12-16/h3-8,11-12,14H,9-10,13H2,1-2H3,(H,22,25). The van der Waals surface area contributed by atoms with Gasteiger partial charge in [0.05, 0.1) is 5.69 Å². The molecular weight excluding hydrogens is 312 g/mol. The molecule has 0 aliphatic rings. The third kappa shape index (κ3) is 4.53. The van der Waals surface area contributed by atoms with E-state index in [9.17, 15) is 4.79 Å². The highest BCUT2D eigenvalue weighted by molar-refractivity contribution is 5.76. The highest BCUT2D eigenvalue weighted by Crippen LogP contribution is 2.23. The molecule has 1 N–H and O–H groups in total. The predicted molar refractivity (Wildman–Crippen MR) is 97.8 cm³/mol. The number of benzene rings is 1. The summed E-state index contributed by atoms with van der Waals surface area (Å²) in [5.74, 6) is 0.0302. The summed E-state index contributed by atoms with van der Waals surface area (Å²) < 4.78 is 1.80. The van der Waals surface area contributed by atoms with Crippen LogP contribution in [0, 0.1) is 6.92 Å². The summed E-state index contributed by atoms with van der Waals surface area (Å²) in [6.45, 7) is 2.57. The maximum atomic E-state index is 12.1. The third-order valence-electron chi connectivity index (χ3n) is 4.06. The van der Waals surface area contributed by atoms with Gasteiger partial charge in [0, 0.05) is 44.2 Å². The van der Waals surface area contributed by atoms with Gasteiger partial charge in [-0.2, -0.15) is 5.10 Å². The minimum atomic E-state index is 0.0302. The number of hydrogen-bond donors (Lipinski definition) is 1. The maximum absolute atomic E-state index is 12.1. The van der Waals surface area contributed by atoms with Crippen molar-refractivity contribution >= 4 is 5.91 Å². The smallest absolute Gasteiger partial charge is 0.220 e. The van der Waals surface area contributed by atoms with Gasteiger partial charge >= 0.3 is 0 Å².